The van der Waals surface area contributed by atoms with Gasteiger partial charge in [-0.1, -0.05) is 19.8 Å². The Bertz CT molecular complexity index is 130. The summed E-state index contributed by atoms with van der Waals surface area (Å²) in [5, 5.41) is 9.89. The summed E-state index contributed by atoms with van der Waals surface area (Å²) in [6.45, 7) is 2.91. The topological polar surface area (TPSA) is 29.5 Å². The van der Waals surface area contributed by atoms with Crippen LogP contribution in [0.15, 0.2) is 0 Å². The molecule has 0 aliphatic heterocycles. The highest BCUT2D eigenvalue weighted by Crippen LogP contribution is 2.30. The Morgan fingerprint density at radius 2 is 2.00 bits per heavy atom. The van der Waals surface area contributed by atoms with Crippen molar-refractivity contribution >= 4 is 0 Å². The summed E-state index contributed by atoms with van der Waals surface area (Å²) in [6.07, 6.45) is 5.87. The smallest absolute Gasteiger partial charge is 0.0571 e. The number of hydrogen-bond acceptors (Lipinski definition) is 2. The highest BCUT2D eigenvalue weighted by Gasteiger charge is 2.24. The SMILES string of the molecule is COCC(C)CC(O)C1CCCC1. The number of aliphatic hydroxyl groups excluding tert-OH is 1. The van der Waals surface area contributed by atoms with Crippen molar-refractivity contribution in [1.82, 2.24) is 0 Å². The molecule has 0 saturated heterocycles. The molecule has 0 aromatic rings. The largest absolute Gasteiger partial charge is 0.393 e. The maximum atomic E-state index is 9.89. The van der Waals surface area contributed by atoms with Crippen molar-refractivity contribution in [2.75, 3.05) is 13.7 Å². The molecule has 0 bridgehead atoms. The van der Waals surface area contributed by atoms with E-state index in [1.807, 2.05) is 0 Å². The molecule has 1 aliphatic rings. The van der Waals surface area contributed by atoms with E-state index in [9.17, 15) is 5.11 Å². The lowest BCUT2D eigenvalue weighted by Gasteiger charge is -2.20. The first-order valence-corrected chi connectivity index (χ1v) is 5.41. The molecule has 0 aromatic heterocycles. The Morgan fingerprint density at radius 1 is 1.38 bits per heavy atom. The monoisotopic (exact) mass is 186 g/mol. The molecule has 78 valence electrons. The van der Waals surface area contributed by atoms with Gasteiger partial charge >= 0.3 is 0 Å². The summed E-state index contributed by atoms with van der Waals surface area (Å²) in [6, 6.07) is 0. The molecule has 0 amide bonds. The fraction of sp³-hybridized carbons (Fsp3) is 1.00. The van der Waals surface area contributed by atoms with Crippen LogP contribution in [0.4, 0.5) is 0 Å². The molecule has 13 heavy (non-hydrogen) atoms. The van der Waals surface area contributed by atoms with Crippen LogP contribution in [-0.4, -0.2) is 24.9 Å². The molecular weight excluding hydrogens is 164 g/mol. The molecular formula is C11H22O2. The van der Waals surface area contributed by atoms with Gasteiger partial charge in [-0.3, -0.25) is 0 Å². The predicted octanol–water partition coefficient (Wildman–Crippen LogP) is 2.21. The van der Waals surface area contributed by atoms with Crippen molar-refractivity contribution < 1.29 is 9.84 Å². The first kappa shape index (κ1) is 11.0. The van der Waals surface area contributed by atoms with Crippen LogP contribution in [0.3, 0.4) is 0 Å². The Kier molecular flexibility index (Phi) is 4.74. The van der Waals surface area contributed by atoms with Gasteiger partial charge in [0.1, 0.15) is 0 Å². The zero-order valence-corrected chi connectivity index (χ0v) is 8.83. The summed E-state index contributed by atoms with van der Waals surface area (Å²) >= 11 is 0. The number of methoxy groups -OCH3 is 1. The van der Waals surface area contributed by atoms with Gasteiger partial charge in [0.15, 0.2) is 0 Å². The van der Waals surface area contributed by atoms with E-state index in [-0.39, 0.29) is 6.10 Å². The van der Waals surface area contributed by atoms with E-state index in [1.54, 1.807) is 7.11 Å². The van der Waals surface area contributed by atoms with E-state index < -0.39 is 0 Å². The molecule has 2 heteroatoms. The summed E-state index contributed by atoms with van der Waals surface area (Å²) in [5.74, 6) is 1.06. The Labute approximate surface area is 81.3 Å². The predicted molar refractivity (Wildman–Crippen MR) is 53.6 cm³/mol. The van der Waals surface area contributed by atoms with Gasteiger partial charge in [-0.15, -0.1) is 0 Å². The number of ether oxygens (including phenoxy) is 1. The number of rotatable bonds is 5. The Balaban J connectivity index is 2.18. The number of aliphatic hydroxyl groups is 1. The van der Waals surface area contributed by atoms with Crippen LogP contribution in [-0.2, 0) is 4.74 Å². The third-order valence-electron chi connectivity index (χ3n) is 3.04. The van der Waals surface area contributed by atoms with Gasteiger partial charge in [-0.25, -0.2) is 0 Å². The van der Waals surface area contributed by atoms with Crippen LogP contribution >= 0.6 is 0 Å². The lowest BCUT2D eigenvalue weighted by molar-refractivity contribution is 0.0645. The Hall–Kier alpha value is -0.0800. The molecule has 0 aromatic carbocycles. The summed E-state index contributed by atoms with van der Waals surface area (Å²) < 4.78 is 5.06. The normalized spacial score (nSPS) is 23.3. The fourth-order valence-electron chi connectivity index (χ4n) is 2.30. The lowest BCUT2D eigenvalue weighted by atomic mass is 9.93. The fourth-order valence-corrected chi connectivity index (χ4v) is 2.30. The van der Waals surface area contributed by atoms with Gasteiger partial charge in [-0.2, -0.15) is 0 Å². The van der Waals surface area contributed by atoms with E-state index in [1.165, 1.54) is 25.7 Å². The first-order valence-electron chi connectivity index (χ1n) is 5.41. The maximum absolute atomic E-state index is 9.89. The van der Waals surface area contributed by atoms with E-state index in [0.717, 1.165) is 13.0 Å². The van der Waals surface area contributed by atoms with Crippen molar-refractivity contribution in [2.45, 2.75) is 45.1 Å². The van der Waals surface area contributed by atoms with Crippen LogP contribution in [0.2, 0.25) is 0 Å². The third kappa shape index (κ3) is 3.65. The van der Waals surface area contributed by atoms with E-state index in [2.05, 4.69) is 6.92 Å². The molecule has 1 fully saturated rings. The van der Waals surface area contributed by atoms with Crippen LogP contribution in [0.5, 0.6) is 0 Å². The zero-order valence-electron chi connectivity index (χ0n) is 8.83. The van der Waals surface area contributed by atoms with Crippen molar-refractivity contribution in [1.29, 1.82) is 0 Å². The molecule has 1 rings (SSSR count). The van der Waals surface area contributed by atoms with Gasteiger partial charge in [0.05, 0.1) is 6.10 Å². The van der Waals surface area contributed by atoms with E-state index >= 15 is 0 Å². The van der Waals surface area contributed by atoms with Crippen molar-refractivity contribution in [3.8, 4) is 0 Å². The minimum Gasteiger partial charge on any atom is -0.393 e. The first-order chi connectivity index (χ1) is 6.24. The second kappa shape index (κ2) is 5.61. The molecule has 2 unspecified atom stereocenters. The quantitative estimate of drug-likeness (QED) is 0.713. The Morgan fingerprint density at radius 3 is 2.54 bits per heavy atom. The molecule has 2 atom stereocenters. The second-order valence-corrected chi connectivity index (χ2v) is 4.41. The number of hydrogen-bond donors (Lipinski definition) is 1. The van der Waals surface area contributed by atoms with Gasteiger partial charge < -0.3 is 9.84 Å². The van der Waals surface area contributed by atoms with E-state index in [0.29, 0.717) is 11.8 Å². The van der Waals surface area contributed by atoms with Crippen molar-refractivity contribution in [3.63, 3.8) is 0 Å². The molecule has 2 nitrogen and oxygen atoms in total. The molecule has 0 heterocycles. The summed E-state index contributed by atoms with van der Waals surface area (Å²) in [7, 11) is 1.72. The third-order valence-corrected chi connectivity index (χ3v) is 3.04. The minimum absolute atomic E-state index is 0.0901. The van der Waals surface area contributed by atoms with Crippen molar-refractivity contribution in [2.24, 2.45) is 11.8 Å². The molecule has 1 N–H and O–H groups in total. The zero-order chi connectivity index (χ0) is 9.68. The van der Waals surface area contributed by atoms with Crippen LogP contribution in [0.1, 0.15) is 39.0 Å². The van der Waals surface area contributed by atoms with Crippen LogP contribution < -0.4 is 0 Å². The summed E-state index contributed by atoms with van der Waals surface area (Å²) in [5.41, 5.74) is 0. The average molecular weight is 186 g/mol. The molecule has 1 aliphatic carbocycles. The maximum Gasteiger partial charge on any atom is 0.0571 e. The van der Waals surface area contributed by atoms with Gasteiger partial charge in [0.25, 0.3) is 0 Å². The molecule has 0 radical (unpaired) electrons. The van der Waals surface area contributed by atoms with Gasteiger partial charge in [0.2, 0.25) is 0 Å². The molecule has 1 saturated carbocycles. The summed E-state index contributed by atoms with van der Waals surface area (Å²) in [4.78, 5) is 0. The lowest BCUT2D eigenvalue weighted by Crippen LogP contribution is -2.22. The second-order valence-electron chi connectivity index (χ2n) is 4.41. The highest BCUT2D eigenvalue weighted by molar-refractivity contribution is 4.75. The van der Waals surface area contributed by atoms with Crippen LogP contribution in [0.25, 0.3) is 0 Å². The van der Waals surface area contributed by atoms with Gasteiger partial charge in [-0.05, 0) is 31.1 Å². The van der Waals surface area contributed by atoms with Crippen LogP contribution in [0, 0.1) is 11.8 Å². The van der Waals surface area contributed by atoms with Gasteiger partial charge in [0, 0.05) is 13.7 Å². The molecule has 0 spiro atoms. The van der Waals surface area contributed by atoms with Crippen molar-refractivity contribution in [3.05, 3.63) is 0 Å². The van der Waals surface area contributed by atoms with E-state index in [4.69, 9.17) is 4.74 Å². The standard InChI is InChI=1S/C11H22O2/c1-9(8-13-2)7-11(12)10-5-3-4-6-10/h9-12H,3-8H2,1-2H3. The highest BCUT2D eigenvalue weighted by atomic mass is 16.5. The minimum atomic E-state index is -0.0901. The average Bonchev–Trinajstić information content (AvgIpc) is 2.55.